The minimum absolute atomic E-state index is 0.0561. The molecule has 57 heavy (non-hydrogen) atoms. The van der Waals surface area contributed by atoms with Crippen LogP contribution in [0.3, 0.4) is 0 Å². The molecule has 0 amide bonds. The zero-order valence-electron chi connectivity index (χ0n) is 36.2. The number of hydrogen-bond acceptors (Lipinski definition) is 8. The number of aliphatic hydroxyl groups is 2. The molecule has 0 aliphatic heterocycles. The molecule has 1 atom stereocenters. The van der Waals surface area contributed by atoms with Gasteiger partial charge in [0.15, 0.2) is 23.1 Å². The minimum Gasteiger partial charge on any atom is -0.504 e. The summed E-state index contributed by atoms with van der Waals surface area (Å²) >= 11 is 0. The van der Waals surface area contributed by atoms with Crippen LogP contribution in [0.15, 0.2) is 48.6 Å². The highest BCUT2D eigenvalue weighted by molar-refractivity contribution is 6.13. The Balaban J connectivity index is 2.74. The molecule has 1 aromatic rings. The van der Waals surface area contributed by atoms with Crippen molar-refractivity contribution in [2.24, 2.45) is 0 Å². The molecule has 0 aromatic heterocycles. The lowest BCUT2D eigenvalue weighted by Crippen LogP contribution is -2.60. The quantitative estimate of drug-likeness (QED) is 0.0198. The maximum Gasteiger partial charge on any atom is 0.332 e. The molecule has 0 aliphatic rings. The summed E-state index contributed by atoms with van der Waals surface area (Å²) in [4.78, 5) is 41.0. The lowest BCUT2D eigenvalue weighted by molar-refractivity contribution is -0.185. The number of phenolic OH excluding ortho intramolecular Hbond substituents is 1. The Hall–Kier alpha value is -3.23. The third kappa shape index (κ3) is 23.7. The first-order valence-electron chi connectivity index (χ1n) is 22.7. The zero-order valence-corrected chi connectivity index (χ0v) is 36.2. The van der Waals surface area contributed by atoms with Crippen LogP contribution in [0.2, 0.25) is 0 Å². The number of Topliss-reactive ketones (excluding diaryl/α,β-unsaturated/α-hetero) is 2. The van der Waals surface area contributed by atoms with Crippen LogP contribution in [0.1, 0.15) is 199 Å². The van der Waals surface area contributed by atoms with Crippen LogP contribution in [0.4, 0.5) is 0 Å². The van der Waals surface area contributed by atoms with E-state index in [1.54, 1.807) is 6.07 Å². The summed E-state index contributed by atoms with van der Waals surface area (Å²) < 4.78 is 10.8. The van der Waals surface area contributed by atoms with E-state index in [4.69, 9.17) is 9.47 Å². The second kappa shape index (κ2) is 34.8. The molecule has 8 nitrogen and oxygen atoms in total. The number of carbonyl (C=O) groups is 3. The molecule has 8 heteroatoms. The number of ketones is 2. The number of unbranched alkanes of at least 4 members (excludes halogenated alkanes) is 22. The first kappa shape index (κ1) is 51.8. The lowest BCUT2D eigenvalue weighted by Gasteiger charge is -2.34. The Morgan fingerprint density at radius 2 is 1.04 bits per heavy atom. The van der Waals surface area contributed by atoms with Gasteiger partial charge in [-0.1, -0.05) is 147 Å². The third-order valence-corrected chi connectivity index (χ3v) is 10.7. The molecule has 0 spiro atoms. The summed E-state index contributed by atoms with van der Waals surface area (Å²) in [6.45, 7) is 3.56. The van der Waals surface area contributed by atoms with Gasteiger partial charge in [-0.2, -0.15) is 0 Å². The predicted molar refractivity (Wildman–Crippen MR) is 235 cm³/mol. The summed E-state index contributed by atoms with van der Waals surface area (Å²) in [5.41, 5.74) is -1.99. The standard InChI is InChI=1S/C49H80O8/c1-4-6-8-10-12-14-16-18-20-22-24-26-28-30-32-34-45(52)49(47(54)41-50,57-48(55)39-37-42-36-38-43(51)44(40-42)56-3)46(53)35-33-31-29-27-25-23-21-19-17-15-13-11-9-7-5-2/h18-21,36-40,47,50-51,54H,4-17,22-35,41H2,1-3H3/b20-18-,21-19-,39-37?. The lowest BCUT2D eigenvalue weighted by atomic mass is 9.82. The van der Waals surface area contributed by atoms with E-state index in [2.05, 4.69) is 38.2 Å². The van der Waals surface area contributed by atoms with Crippen LogP contribution in [-0.4, -0.2) is 58.3 Å². The molecule has 0 heterocycles. The van der Waals surface area contributed by atoms with Crippen LogP contribution >= 0.6 is 0 Å². The van der Waals surface area contributed by atoms with E-state index in [0.717, 1.165) is 83.1 Å². The van der Waals surface area contributed by atoms with Crippen molar-refractivity contribution < 1.29 is 39.2 Å². The average Bonchev–Trinajstić information content (AvgIpc) is 3.21. The summed E-state index contributed by atoms with van der Waals surface area (Å²) in [6, 6.07) is 4.50. The number of methoxy groups -OCH3 is 1. The highest BCUT2D eigenvalue weighted by Crippen LogP contribution is 2.29. The number of esters is 1. The molecule has 0 radical (unpaired) electrons. The van der Waals surface area contributed by atoms with Crippen molar-refractivity contribution in [1.82, 2.24) is 0 Å². The van der Waals surface area contributed by atoms with Crippen molar-refractivity contribution in [3.8, 4) is 11.5 Å². The van der Waals surface area contributed by atoms with Gasteiger partial charge in [0, 0.05) is 18.9 Å². The van der Waals surface area contributed by atoms with Gasteiger partial charge in [0.2, 0.25) is 0 Å². The van der Waals surface area contributed by atoms with Crippen molar-refractivity contribution in [2.75, 3.05) is 13.7 Å². The molecule has 1 rings (SSSR count). The number of aromatic hydroxyl groups is 1. The van der Waals surface area contributed by atoms with Gasteiger partial charge in [0.1, 0.15) is 6.10 Å². The van der Waals surface area contributed by atoms with Gasteiger partial charge in [-0.3, -0.25) is 9.59 Å². The number of aliphatic hydroxyl groups excluding tert-OH is 2. The Labute approximate surface area is 346 Å². The zero-order chi connectivity index (χ0) is 41.8. The van der Waals surface area contributed by atoms with E-state index in [-0.39, 0.29) is 24.3 Å². The average molecular weight is 797 g/mol. The van der Waals surface area contributed by atoms with Crippen LogP contribution in [0, 0.1) is 0 Å². The monoisotopic (exact) mass is 797 g/mol. The summed E-state index contributed by atoms with van der Waals surface area (Å²) in [5.74, 6) is -2.23. The van der Waals surface area contributed by atoms with Crippen LogP contribution in [0.5, 0.6) is 11.5 Å². The van der Waals surface area contributed by atoms with Gasteiger partial charge >= 0.3 is 5.97 Å². The van der Waals surface area contributed by atoms with E-state index in [0.29, 0.717) is 18.4 Å². The number of rotatable bonds is 38. The molecule has 0 aliphatic carbocycles. The summed E-state index contributed by atoms with van der Waals surface area (Å²) in [6.07, 6.45) is 38.1. The van der Waals surface area contributed by atoms with Gasteiger partial charge in [-0.25, -0.2) is 4.79 Å². The molecule has 1 unspecified atom stereocenters. The van der Waals surface area contributed by atoms with Crippen LogP contribution < -0.4 is 4.74 Å². The predicted octanol–water partition coefficient (Wildman–Crippen LogP) is 12.3. The Bertz CT molecular complexity index is 1230. The first-order chi connectivity index (χ1) is 27.8. The Morgan fingerprint density at radius 1 is 0.632 bits per heavy atom. The molecule has 324 valence electrons. The summed E-state index contributed by atoms with van der Waals surface area (Å²) in [7, 11) is 1.41. The van der Waals surface area contributed by atoms with Crippen molar-refractivity contribution in [1.29, 1.82) is 0 Å². The van der Waals surface area contributed by atoms with Crippen molar-refractivity contribution >= 4 is 23.6 Å². The van der Waals surface area contributed by atoms with Crippen molar-refractivity contribution in [2.45, 2.75) is 205 Å². The second-order valence-corrected chi connectivity index (χ2v) is 15.6. The molecule has 0 saturated carbocycles. The van der Waals surface area contributed by atoms with E-state index in [9.17, 15) is 29.7 Å². The molecule has 0 bridgehead atoms. The van der Waals surface area contributed by atoms with E-state index >= 15 is 0 Å². The minimum atomic E-state index is -2.50. The van der Waals surface area contributed by atoms with Gasteiger partial charge in [-0.05, 0) is 88.0 Å². The highest BCUT2D eigenvalue weighted by atomic mass is 16.6. The van der Waals surface area contributed by atoms with Gasteiger partial charge in [0.25, 0.3) is 5.60 Å². The van der Waals surface area contributed by atoms with E-state index in [1.807, 2.05) is 0 Å². The largest absolute Gasteiger partial charge is 0.504 e. The smallest absolute Gasteiger partial charge is 0.332 e. The van der Waals surface area contributed by atoms with Crippen molar-refractivity contribution in [3.05, 3.63) is 54.1 Å². The van der Waals surface area contributed by atoms with Crippen LogP contribution in [0.25, 0.3) is 6.08 Å². The number of carbonyl (C=O) groups excluding carboxylic acids is 3. The number of benzene rings is 1. The SMILES string of the molecule is CCCCCCCC/C=C\CCCCCCCC(=O)C(OC(=O)C=Cc1ccc(O)c(OC)c1)(C(=O)CCCCCCC/C=C\CCCCCCCC)C(O)CO. The summed E-state index contributed by atoms with van der Waals surface area (Å²) in [5, 5.41) is 31.0. The molecule has 0 saturated heterocycles. The molecule has 1 aromatic carbocycles. The van der Waals surface area contributed by atoms with Crippen molar-refractivity contribution in [3.63, 3.8) is 0 Å². The number of ether oxygens (including phenoxy) is 2. The molecular formula is C49H80O8. The first-order valence-corrected chi connectivity index (χ1v) is 22.7. The second-order valence-electron chi connectivity index (χ2n) is 15.6. The fraction of sp³-hybridized carbons (Fsp3) is 0.694. The molecule has 3 N–H and O–H groups in total. The fourth-order valence-corrected chi connectivity index (χ4v) is 7.08. The Kier molecular flexibility index (Phi) is 31.6. The van der Waals surface area contributed by atoms with E-state index < -0.39 is 35.8 Å². The molecular weight excluding hydrogens is 717 g/mol. The van der Waals surface area contributed by atoms with Gasteiger partial charge in [0.05, 0.1) is 13.7 Å². The number of phenols is 1. The number of hydrogen-bond donors (Lipinski definition) is 3. The Morgan fingerprint density at radius 3 is 1.44 bits per heavy atom. The third-order valence-electron chi connectivity index (χ3n) is 10.7. The fourth-order valence-electron chi connectivity index (χ4n) is 7.08. The van der Waals surface area contributed by atoms with Crippen LogP contribution in [-0.2, 0) is 19.1 Å². The van der Waals surface area contributed by atoms with Gasteiger partial charge in [-0.15, -0.1) is 0 Å². The topological polar surface area (TPSA) is 130 Å². The number of allylic oxidation sites excluding steroid dienone is 4. The maximum absolute atomic E-state index is 13.9. The maximum atomic E-state index is 13.9. The van der Waals surface area contributed by atoms with E-state index in [1.165, 1.54) is 102 Å². The normalized spacial score (nSPS) is 12.6. The molecule has 0 fully saturated rings. The highest BCUT2D eigenvalue weighted by Gasteiger charge is 2.53. The van der Waals surface area contributed by atoms with Gasteiger partial charge < -0.3 is 24.8 Å².